The van der Waals surface area contributed by atoms with Crippen LogP contribution in [0, 0.1) is 5.92 Å². The maximum absolute atomic E-state index is 5.51. The Morgan fingerprint density at radius 1 is 1.38 bits per heavy atom. The largest absolute Gasteiger partial charge is 0.127 e. The fourth-order valence-corrected chi connectivity index (χ4v) is 1.13. The lowest BCUT2D eigenvalue weighted by Crippen LogP contribution is -2.07. The third-order valence-electron chi connectivity index (χ3n) is 1.72. The predicted octanol–water partition coefficient (Wildman–Crippen LogP) is 2.76. The van der Waals surface area contributed by atoms with Crippen LogP contribution in [0.15, 0.2) is 0 Å². The summed E-state index contributed by atoms with van der Waals surface area (Å²) >= 11 is 5.51. The molecule has 0 N–H and O–H groups in total. The highest BCUT2D eigenvalue weighted by Crippen LogP contribution is 2.32. The van der Waals surface area contributed by atoms with E-state index in [1.54, 1.807) is 5.92 Å². The molecule has 0 nitrogen and oxygen atoms in total. The van der Waals surface area contributed by atoms with Gasteiger partial charge >= 0.3 is 0 Å². The molecule has 1 aliphatic carbocycles. The molecule has 0 aromatic carbocycles. The van der Waals surface area contributed by atoms with E-state index < -0.39 is 0 Å². The molecule has 1 fully saturated rings. The van der Waals surface area contributed by atoms with Gasteiger partial charge in [0, 0.05) is 5.88 Å². The second-order valence-corrected chi connectivity index (χ2v) is 2.77. The maximum atomic E-state index is 5.51. The van der Waals surface area contributed by atoms with Gasteiger partial charge in [-0.25, -0.2) is 0 Å². The standard InChI is InChI=1S/C7H12Cl/c8-6-2-5-7-3-1-4-7/h1-6H2. The highest BCUT2D eigenvalue weighted by atomic mass is 35.5. The Hall–Kier alpha value is 0.290. The quantitative estimate of drug-likeness (QED) is 0.517. The Balaban J connectivity index is 1.86. The van der Waals surface area contributed by atoms with Crippen molar-refractivity contribution in [2.75, 3.05) is 5.88 Å². The van der Waals surface area contributed by atoms with Gasteiger partial charge in [0.2, 0.25) is 0 Å². The molecule has 1 heteroatoms. The lowest BCUT2D eigenvalue weighted by molar-refractivity contribution is 0.503. The molecule has 1 rings (SSSR count). The van der Waals surface area contributed by atoms with Gasteiger partial charge in [0.15, 0.2) is 0 Å². The zero-order valence-corrected chi connectivity index (χ0v) is 5.88. The zero-order valence-electron chi connectivity index (χ0n) is 5.12. The van der Waals surface area contributed by atoms with E-state index in [4.69, 9.17) is 11.6 Å². The van der Waals surface area contributed by atoms with Gasteiger partial charge in [-0.1, -0.05) is 6.42 Å². The van der Waals surface area contributed by atoms with Crippen LogP contribution in [0.25, 0.3) is 0 Å². The van der Waals surface area contributed by atoms with Crippen molar-refractivity contribution in [3.63, 3.8) is 0 Å². The van der Waals surface area contributed by atoms with Gasteiger partial charge in [-0.15, -0.1) is 11.6 Å². The first-order chi connectivity index (χ1) is 3.93. The molecule has 0 amide bonds. The molecule has 47 valence electrons. The lowest BCUT2D eigenvalue weighted by atomic mass is 9.82. The molecule has 0 aromatic heterocycles. The molecular weight excluding hydrogens is 120 g/mol. The van der Waals surface area contributed by atoms with Gasteiger partial charge in [0.25, 0.3) is 0 Å². The first kappa shape index (κ1) is 6.41. The Labute approximate surface area is 56.2 Å². The smallest absolute Gasteiger partial charge is 0.0223 e. The molecule has 1 saturated carbocycles. The van der Waals surface area contributed by atoms with E-state index in [1.807, 2.05) is 0 Å². The van der Waals surface area contributed by atoms with Crippen molar-refractivity contribution in [2.45, 2.75) is 32.1 Å². The first-order valence-corrected chi connectivity index (χ1v) is 3.86. The van der Waals surface area contributed by atoms with Crippen molar-refractivity contribution >= 4 is 11.6 Å². The fourth-order valence-electron chi connectivity index (χ4n) is 0.994. The minimum atomic E-state index is 0.837. The summed E-state index contributed by atoms with van der Waals surface area (Å²) in [6.07, 6.45) is 6.69. The Morgan fingerprint density at radius 2 is 2.12 bits per heavy atom. The van der Waals surface area contributed by atoms with Crippen LogP contribution in [0.3, 0.4) is 0 Å². The summed E-state index contributed by atoms with van der Waals surface area (Å²) in [6, 6.07) is 0. The molecule has 0 saturated heterocycles. The topological polar surface area (TPSA) is 0 Å². The fraction of sp³-hybridized carbons (Fsp3) is 0.857. The summed E-state index contributed by atoms with van der Waals surface area (Å²) in [5, 5.41) is 0. The second kappa shape index (κ2) is 3.34. The molecule has 0 aliphatic heterocycles. The van der Waals surface area contributed by atoms with Gasteiger partial charge in [0.1, 0.15) is 0 Å². The average Bonchev–Trinajstić information content (AvgIpc) is 1.63. The van der Waals surface area contributed by atoms with Gasteiger partial charge < -0.3 is 0 Å². The van der Waals surface area contributed by atoms with E-state index in [9.17, 15) is 0 Å². The number of alkyl halides is 1. The Morgan fingerprint density at radius 3 is 2.50 bits per heavy atom. The van der Waals surface area contributed by atoms with E-state index in [0.29, 0.717) is 0 Å². The number of hydrogen-bond donors (Lipinski definition) is 0. The van der Waals surface area contributed by atoms with Crippen LogP contribution in [0.5, 0.6) is 0 Å². The molecule has 0 aromatic rings. The highest BCUT2D eigenvalue weighted by Gasteiger charge is 2.16. The lowest BCUT2D eigenvalue weighted by Gasteiger charge is -2.23. The van der Waals surface area contributed by atoms with Crippen LogP contribution < -0.4 is 0 Å². The van der Waals surface area contributed by atoms with Crippen LogP contribution in [-0.2, 0) is 0 Å². The molecule has 0 atom stereocenters. The minimum absolute atomic E-state index is 0.837. The number of halogens is 1. The van der Waals surface area contributed by atoms with Crippen molar-refractivity contribution in [3.8, 4) is 0 Å². The summed E-state index contributed by atoms with van der Waals surface area (Å²) < 4.78 is 0. The Kier molecular flexibility index (Phi) is 2.68. The van der Waals surface area contributed by atoms with Gasteiger partial charge in [-0.3, -0.25) is 0 Å². The molecule has 0 heterocycles. The molecular formula is C7H12Cl. The molecule has 8 heavy (non-hydrogen) atoms. The van der Waals surface area contributed by atoms with E-state index in [0.717, 1.165) is 5.88 Å². The zero-order chi connectivity index (χ0) is 5.82. The third-order valence-corrected chi connectivity index (χ3v) is 1.99. The predicted molar refractivity (Wildman–Crippen MR) is 37.0 cm³/mol. The van der Waals surface area contributed by atoms with Crippen molar-refractivity contribution < 1.29 is 0 Å². The summed E-state index contributed by atoms with van der Waals surface area (Å²) in [5.41, 5.74) is 0. The van der Waals surface area contributed by atoms with Gasteiger partial charge in [0.05, 0.1) is 0 Å². The van der Waals surface area contributed by atoms with Crippen LogP contribution in [0.1, 0.15) is 32.1 Å². The van der Waals surface area contributed by atoms with Crippen LogP contribution >= 0.6 is 11.6 Å². The maximum Gasteiger partial charge on any atom is 0.0223 e. The van der Waals surface area contributed by atoms with Crippen LogP contribution in [0.4, 0.5) is 0 Å². The van der Waals surface area contributed by atoms with Gasteiger partial charge in [-0.05, 0) is 31.6 Å². The second-order valence-electron chi connectivity index (χ2n) is 2.40. The van der Waals surface area contributed by atoms with E-state index in [1.165, 1.54) is 32.1 Å². The van der Waals surface area contributed by atoms with Crippen molar-refractivity contribution in [3.05, 3.63) is 5.92 Å². The SMILES string of the molecule is ClCCC[C]1CCC1. The minimum Gasteiger partial charge on any atom is -0.127 e. The molecule has 0 spiro atoms. The third kappa shape index (κ3) is 1.66. The van der Waals surface area contributed by atoms with E-state index >= 15 is 0 Å². The van der Waals surface area contributed by atoms with Crippen molar-refractivity contribution in [1.29, 1.82) is 0 Å². The van der Waals surface area contributed by atoms with Crippen LogP contribution in [-0.4, -0.2) is 5.88 Å². The molecule has 0 bridgehead atoms. The first-order valence-electron chi connectivity index (χ1n) is 3.33. The summed E-state index contributed by atoms with van der Waals surface area (Å²) in [7, 11) is 0. The number of hydrogen-bond acceptors (Lipinski definition) is 0. The van der Waals surface area contributed by atoms with E-state index in [2.05, 4.69) is 0 Å². The van der Waals surface area contributed by atoms with Crippen molar-refractivity contribution in [1.82, 2.24) is 0 Å². The monoisotopic (exact) mass is 131 g/mol. The average molecular weight is 132 g/mol. The molecule has 1 aliphatic rings. The number of rotatable bonds is 3. The van der Waals surface area contributed by atoms with Crippen molar-refractivity contribution in [2.24, 2.45) is 0 Å². The van der Waals surface area contributed by atoms with E-state index in [-0.39, 0.29) is 0 Å². The summed E-state index contributed by atoms with van der Waals surface area (Å²) in [5.74, 6) is 2.58. The molecule has 0 unspecified atom stereocenters. The summed E-state index contributed by atoms with van der Waals surface area (Å²) in [6.45, 7) is 0. The molecule has 1 radical (unpaired) electrons. The highest BCUT2D eigenvalue weighted by molar-refractivity contribution is 6.17. The summed E-state index contributed by atoms with van der Waals surface area (Å²) in [4.78, 5) is 0. The van der Waals surface area contributed by atoms with Gasteiger partial charge in [-0.2, -0.15) is 0 Å². The Bertz CT molecular complexity index is 57.4. The normalized spacial score (nSPS) is 20.6. The van der Waals surface area contributed by atoms with Crippen LogP contribution in [0.2, 0.25) is 0 Å².